The van der Waals surface area contributed by atoms with Gasteiger partial charge in [0.15, 0.2) is 5.78 Å². The van der Waals surface area contributed by atoms with Gasteiger partial charge in [0.25, 0.3) is 0 Å². The van der Waals surface area contributed by atoms with Gasteiger partial charge in [-0.25, -0.2) is 4.98 Å². The van der Waals surface area contributed by atoms with Crippen LogP contribution in [0.4, 0.5) is 0 Å². The molecule has 2 aliphatic heterocycles. The van der Waals surface area contributed by atoms with E-state index in [1.165, 1.54) is 31.2 Å². The molecule has 4 heterocycles. The lowest BCUT2D eigenvalue weighted by atomic mass is 9.96. The molecule has 0 aliphatic carbocycles. The van der Waals surface area contributed by atoms with Crippen LogP contribution in [0.3, 0.4) is 0 Å². The fourth-order valence-electron chi connectivity index (χ4n) is 5.86. The van der Waals surface area contributed by atoms with Gasteiger partial charge in [-0.2, -0.15) is 0 Å². The number of hydrogen-bond acceptors (Lipinski definition) is 7. The number of benzene rings is 2. The van der Waals surface area contributed by atoms with Crippen molar-refractivity contribution in [1.82, 2.24) is 14.8 Å². The predicted octanol–water partition coefficient (Wildman–Crippen LogP) is 6.58. The SMILES string of the molecule is COc1cc(C(=O)c2c(-c3ccc(OCCN4CCCC4)nc3)sc3cc(C)ccc23)ccc1CN1CCCC1. The Balaban J connectivity index is 1.28. The number of ether oxygens (including phenoxy) is 2. The Morgan fingerprint density at radius 1 is 0.950 bits per heavy atom. The highest BCUT2D eigenvalue weighted by Gasteiger charge is 2.23. The molecule has 0 saturated carbocycles. The summed E-state index contributed by atoms with van der Waals surface area (Å²) in [5.74, 6) is 1.39. The van der Waals surface area contributed by atoms with Gasteiger partial charge in [-0.3, -0.25) is 14.6 Å². The molecule has 0 N–H and O–H groups in total. The summed E-state index contributed by atoms with van der Waals surface area (Å²) in [6.07, 6.45) is 6.87. The van der Waals surface area contributed by atoms with Gasteiger partial charge in [0.2, 0.25) is 5.88 Å². The Hall–Kier alpha value is -3.26. The van der Waals surface area contributed by atoms with E-state index >= 15 is 0 Å². The van der Waals surface area contributed by atoms with Gasteiger partial charge in [-0.15, -0.1) is 11.3 Å². The Labute approximate surface area is 240 Å². The quantitative estimate of drug-likeness (QED) is 0.206. The monoisotopic (exact) mass is 555 g/mol. The van der Waals surface area contributed by atoms with Crippen molar-refractivity contribution < 1.29 is 14.3 Å². The second-order valence-electron chi connectivity index (χ2n) is 10.9. The lowest BCUT2D eigenvalue weighted by molar-refractivity contribution is 0.104. The molecule has 2 fully saturated rings. The molecule has 6 rings (SSSR count). The molecule has 0 atom stereocenters. The number of aromatic nitrogens is 1. The number of fused-ring (bicyclic) bond motifs is 1. The smallest absolute Gasteiger partial charge is 0.213 e. The fraction of sp³-hybridized carbons (Fsp3) is 0.394. The zero-order chi connectivity index (χ0) is 27.5. The molecule has 40 heavy (non-hydrogen) atoms. The molecule has 2 aliphatic rings. The normalized spacial score (nSPS) is 16.1. The molecule has 4 aromatic rings. The molecular weight excluding hydrogens is 518 g/mol. The van der Waals surface area contributed by atoms with Gasteiger partial charge in [-0.1, -0.05) is 24.3 Å². The summed E-state index contributed by atoms with van der Waals surface area (Å²) in [6.45, 7) is 9.04. The van der Waals surface area contributed by atoms with Gasteiger partial charge in [-0.05, 0) is 82.5 Å². The number of methoxy groups -OCH3 is 1. The zero-order valence-electron chi connectivity index (χ0n) is 23.4. The molecule has 2 aromatic heterocycles. The minimum absolute atomic E-state index is 0.00191. The van der Waals surface area contributed by atoms with E-state index in [0.29, 0.717) is 18.1 Å². The molecule has 0 unspecified atom stereocenters. The molecule has 0 bridgehead atoms. The fourth-order valence-corrected chi connectivity index (χ4v) is 7.15. The van der Waals surface area contributed by atoms with Crippen molar-refractivity contribution in [1.29, 1.82) is 0 Å². The summed E-state index contributed by atoms with van der Waals surface area (Å²) in [5.41, 5.74) is 4.58. The van der Waals surface area contributed by atoms with E-state index < -0.39 is 0 Å². The molecule has 208 valence electrons. The van der Waals surface area contributed by atoms with Crippen molar-refractivity contribution in [3.63, 3.8) is 0 Å². The van der Waals surface area contributed by atoms with Crippen molar-refractivity contribution >= 4 is 27.2 Å². The van der Waals surface area contributed by atoms with E-state index in [1.54, 1.807) is 18.4 Å². The summed E-state index contributed by atoms with van der Waals surface area (Å²) >= 11 is 1.64. The molecule has 7 heteroatoms. The van der Waals surface area contributed by atoms with Crippen LogP contribution in [0.15, 0.2) is 54.7 Å². The molecule has 0 radical (unpaired) electrons. The lowest BCUT2D eigenvalue weighted by Crippen LogP contribution is -2.25. The van der Waals surface area contributed by atoms with Crippen molar-refractivity contribution in [3.8, 4) is 22.1 Å². The van der Waals surface area contributed by atoms with Crippen LogP contribution in [0, 0.1) is 6.92 Å². The minimum Gasteiger partial charge on any atom is -0.496 e. The second kappa shape index (κ2) is 12.1. The van der Waals surface area contributed by atoms with E-state index in [4.69, 9.17) is 9.47 Å². The number of aryl methyl sites for hydroxylation is 1. The molecule has 0 spiro atoms. The van der Waals surface area contributed by atoms with Crippen LogP contribution in [-0.2, 0) is 6.54 Å². The van der Waals surface area contributed by atoms with Crippen LogP contribution in [-0.4, -0.2) is 67.0 Å². The van der Waals surface area contributed by atoms with E-state index in [-0.39, 0.29) is 5.78 Å². The molecule has 0 amide bonds. The highest BCUT2D eigenvalue weighted by Crippen LogP contribution is 2.41. The zero-order valence-corrected chi connectivity index (χ0v) is 24.3. The highest BCUT2D eigenvalue weighted by atomic mass is 32.1. The highest BCUT2D eigenvalue weighted by molar-refractivity contribution is 7.22. The number of carbonyl (C=O) groups is 1. The van der Waals surface area contributed by atoms with Crippen LogP contribution in [0.1, 0.15) is 52.7 Å². The summed E-state index contributed by atoms with van der Waals surface area (Å²) in [6, 6.07) is 16.1. The predicted molar refractivity (Wildman–Crippen MR) is 162 cm³/mol. The van der Waals surface area contributed by atoms with Gasteiger partial charge in [0.05, 0.1) is 7.11 Å². The Morgan fingerprint density at radius 2 is 1.73 bits per heavy atom. The third-order valence-electron chi connectivity index (χ3n) is 8.07. The first-order chi connectivity index (χ1) is 19.6. The first-order valence-corrected chi connectivity index (χ1v) is 15.2. The Bertz CT molecular complexity index is 1490. The number of nitrogens with zero attached hydrogens (tertiary/aromatic N) is 3. The number of likely N-dealkylation sites (tertiary alicyclic amines) is 2. The standard InChI is InChI=1S/C33H37N3O3S/c1-23-7-11-27-29(19-23)40-33(25-10-12-30(34-21-25)39-18-17-35-13-3-4-14-35)31(27)32(37)24-8-9-26(28(20-24)38-2)22-36-15-5-6-16-36/h7-12,19-21H,3-6,13-18,22H2,1-2H3. The summed E-state index contributed by atoms with van der Waals surface area (Å²) < 4.78 is 12.8. The van der Waals surface area contributed by atoms with Crippen LogP contribution in [0.25, 0.3) is 20.5 Å². The maximum Gasteiger partial charge on any atom is 0.213 e. The third-order valence-corrected chi connectivity index (χ3v) is 9.27. The minimum atomic E-state index is 0.00191. The van der Waals surface area contributed by atoms with E-state index in [1.807, 2.05) is 30.5 Å². The maximum atomic E-state index is 14.1. The Kier molecular flexibility index (Phi) is 8.14. The molecule has 2 aromatic carbocycles. The largest absolute Gasteiger partial charge is 0.496 e. The lowest BCUT2D eigenvalue weighted by Gasteiger charge is -2.17. The van der Waals surface area contributed by atoms with Crippen molar-refractivity contribution in [2.45, 2.75) is 39.2 Å². The van der Waals surface area contributed by atoms with E-state index in [0.717, 1.165) is 76.7 Å². The number of carbonyl (C=O) groups excluding carboxylic acids is 1. The molecule has 6 nitrogen and oxygen atoms in total. The van der Waals surface area contributed by atoms with Gasteiger partial charge >= 0.3 is 0 Å². The molecule has 2 saturated heterocycles. The first-order valence-electron chi connectivity index (χ1n) is 14.4. The second-order valence-corrected chi connectivity index (χ2v) is 12.0. The van der Waals surface area contributed by atoms with Crippen molar-refractivity contribution in [2.75, 3.05) is 46.4 Å². The maximum absolute atomic E-state index is 14.1. The van der Waals surface area contributed by atoms with Crippen LogP contribution >= 0.6 is 11.3 Å². The summed E-state index contributed by atoms with van der Waals surface area (Å²) in [7, 11) is 1.69. The summed E-state index contributed by atoms with van der Waals surface area (Å²) in [5, 5.41) is 0.974. The van der Waals surface area contributed by atoms with Crippen LogP contribution in [0.5, 0.6) is 11.6 Å². The number of pyridine rings is 1. The average molecular weight is 556 g/mol. The average Bonchev–Trinajstić information content (AvgIpc) is 3.75. The molecular formula is C33H37N3O3S. The van der Waals surface area contributed by atoms with Crippen LogP contribution in [0.2, 0.25) is 0 Å². The van der Waals surface area contributed by atoms with Gasteiger partial charge < -0.3 is 9.47 Å². The van der Waals surface area contributed by atoms with E-state index in [9.17, 15) is 4.79 Å². The van der Waals surface area contributed by atoms with Crippen LogP contribution < -0.4 is 9.47 Å². The van der Waals surface area contributed by atoms with Crippen molar-refractivity contribution in [3.05, 3.63) is 77.0 Å². The van der Waals surface area contributed by atoms with E-state index in [2.05, 4.69) is 46.0 Å². The topological polar surface area (TPSA) is 54.9 Å². The number of ketones is 1. The number of thiophene rings is 1. The first kappa shape index (κ1) is 26.9. The summed E-state index contributed by atoms with van der Waals surface area (Å²) in [4.78, 5) is 24.6. The number of hydrogen-bond donors (Lipinski definition) is 0. The van der Waals surface area contributed by atoms with Gasteiger partial charge in [0, 0.05) is 62.6 Å². The van der Waals surface area contributed by atoms with Gasteiger partial charge in [0.1, 0.15) is 12.4 Å². The third kappa shape index (κ3) is 5.78. The Morgan fingerprint density at radius 3 is 2.45 bits per heavy atom. The number of rotatable bonds is 10. The van der Waals surface area contributed by atoms with Crippen molar-refractivity contribution in [2.24, 2.45) is 0 Å².